The first-order valence-corrected chi connectivity index (χ1v) is 5.68. The van der Waals surface area contributed by atoms with Crippen molar-refractivity contribution >= 4 is 0 Å². The molecule has 0 bridgehead atoms. The molecule has 2 rings (SSSR count). The minimum absolute atomic E-state index is 0.251. The summed E-state index contributed by atoms with van der Waals surface area (Å²) in [4.78, 5) is 25.1. The standard InChI is InChI=1S/C11H16N2O4/c1-3-8-7(14)4-9(17-8)13-5-6(2)10(15)12-11(13)16/h5,7-9,14H,3-4H2,1-2H3,(H,12,15,16)/t7-,8+,9-/m0/s1. The van der Waals surface area contributed by atoms with Gasteiger partial charge in [0.25, 0.3) is 5.56 Å². The van der Waals surface area contributed by atoms with Crippen molar-refractivity contribution < 1.29 is 9.84 Å². The predicted molar refractivity (Wildman–Crippen MR) is 60.9 cm³/mol. The van der Waals surface area contributed by atoms with Crippen LogP contribution in [-0.2, 0) is 4.74 Å². The molecule has 1 aliphatic rings. The smallest absolute Gasteiger partial charge is 0.330 e. The molecule has 1 aromatic heterocycles. The molecule has 0 aliphatic carbocycles. The van der Waals surface area contributed by atoms with Gasteiger partial charge in [-0.3, -0.25) is 14.3 Å². The molecule has 6 heteroatoms. The number of hydrogen-bond acceptors (Lipinski definition) is 4. The fraction of sp³-hybridized carbons (Fsp3) is 0.636. The number of rotatable bonds is 2. The van der Waals surface area contributed by atoms with Crippen molar-refractivity contribution in [1.29, 1.82) is 0 Å². The minimum Gasteiger partial charge on any atom is -0.390 e. The second-order valence-electron chi connectivity index (χ2n) is 4.32. The van der Waals surface area contributed by atoms with Crippen LogP contribution in [0, 0.1) is 6.92 Å². The third-order valence-electron chi connectivity index (χ3n) is 3.06. The van der Waals surface area contributed by atoms with Crippen LogP contribution in [0.25, 0.3) is 0 Å². The van der Waals surface area contributed by atoms with Gasteiger partial charge in [-0.15, -0.1) is 0 Å². The largest absolute Gasteiger partial charge is 0.390 e. The average Bonchev–Trinajstić information content (AvgIpc) is 2.65. The van der Waals surface area contributed by atoms with E-state index in [1.54, 1.807) is 6.92 Å². The molecule has 2 heterocycles. The number of hydrogen-bond donors (Lipinski definition) is 2. The van der Waals surface area contributed by atoms with E-state index in [0.29, 0.717) is 18.4 Å². The molecule has 2 N–H and O–H groups in total. The van der Waals surface area contributed by atoms with E-state index in [1.165, 1.54) is 10.8 Å². The Kier molecular flexibility index (Phi) is 3.17. The highest BCUT2D eigenvalue weighted by Crippen LogP contribution is 2.28. The van der Waals surface area contributed by atoms with Crippen molar-refractivity contribution in [2.75, 3.05) is 0 Å². The van der Waals surface area contributed by atoms with E-state index in [4.69, 9.17) is 4.74 Å². The van der Waals surface area contributed by atoms with Crippen LogP contribution in [0.1, 0.15) is 31.6 Å². The third kappa shape index (κ3) is 2.18. The summed E-state index contributed by atoms with van der Waals surface area (Å²) in [6.07, 6.45) is 1.20. The van der Waals surface area contributed by atoms with Crippen LogP contribution < -0.4 is 11.2 Å². The number of aromatic nitrogens is 2. The van der Waals surface area contributed by atoms with Crippen LogP contribution in [0.15, 0.2) is 15.8 Å². The van der Waals surface area contributed by atoms with Crippen LogP contribution in [-0.4, -0.2) is 26.9 Å². The van der Waals surface area contributed by atoms with Crippen molar-refractivity contribution in [3.8, 4) is 0 Å². The van der Waals surface area contributed by atoms with Gasteiger partial charge in [0, 0.05) is 18.2 Å². The summed E-state index contributed by atoms with van der Waals surface area (Å²) in [5, 5.41) is 9.72. The van der Waals surface area contributed by atoms with Crippen LogP contribution in [0.3, 0.4) is 0 Å². The van der Waals surface area contributed by atoms with Crippen LogP contribution in [0.4, 0.5) is 0 Å². The van der Waals surface area contributed by atoms with Crippen molar-refractivity contribution in [2.45, 2.75) is 45.1 Å². The molecule has 0 spiro atoms. The van der Waals surface area contributed by atoms with Crippen molar-refractivity contribution in [3.63, 3.8) is 0 Å². The van der Waals surface area contributed by atoms with E-state index in [1.807, 2.05) is 6.92 Å². The third-order valence-corrected chi connectivity index (χ3v) is 3.06. The monoisotopic (exact) mass is 240 g/mol. The lowest BCUT2D eigenvalue weighted by atomic mass is 10.1. The summed E-state index contributed by atoms with van der Waals surface area (Å²) in [7, 11) is 0. The molecule has 0 radical (unpaired) electrons. The quantitative estimate of drug-likeness (QED) is 0.756. The molecule has 17 heavy (non-hydrogen) atoms. The molecule has 1 aromatic rings. The van der Waals surface area contributed by atoms with Gasteiger partial charge in [-0.05, 0) is 13.3 Å². The van der Waals surface area contributed by atoms with Gasteiger partial charge in [0.2, 0.25) is 0 Å². The number of ether oxygens (including phenoxy) is 1. The first-order chi connectivity index (χ1) is 8.02. The molecular formula is C11H16N2O4. The maximum absolute atomic E-state index is 11.6. The Bertz CT molecular complexity index is 519. The number of aliphatic hydroxyl groups is 1. The second-order valence-corrected chi connectivity index (χ2v) is 4.32. The van der Waals surface area contributed by atoms with Gasteiger partial charge in [0.05, 0.1) is 12.2 Å². The lowest BCUT2D eigenvalue weighted by molar-refractivity contribution is -0.0218. The van der Waals surface area contributed by atoms with Crippen molar-refractivity contribution in [2.24, 2.45) is 0 Å². The van der Waals surface area contributed by atoms with E-state index in [9.17, 15) is 14.7 Å². The molecule has 3 atom stereocenters. The van der Waals surface area contributed by atoms with Gasteiger partial charge in [-0.2, -0.15) is 0 Å². The van der Waals surface area contributed by atoms with Gasteiger partial charge < -0.3 is 9.84 Å². The molecule has 0 aromatic carbocycles. The Balaban J connectivity index is 2.34. The Morgan fingerprint density at radius 1 is 1.59 bits per heavy atom. The predicted octanol–water partition coefficient (Wildman–Crippen LogP) is -0.0966. The van der Waals surface area contributed by atoms with Crippen molar-refractivity contribution in [1.82, 2.24) is 9.55 Å². The first-order valence-electron chi connectivity index (χ1n) is 5.68. The minimum atomic E-state index is -0.566. The Labute approximate surface area is 97.9 Å². The zero-order valence-corrected chi connectivity index (χ0v) is 9.84. The number of aryl methyl sites for hydroxylation is 1. The van der Waals surface area contributed by atoms with E-state index < -0.39 is 23.6 Å². The van der Waals surface area contributed by atoms with Crippen LogP contribution >= 0.6 is 0 Å². The van der Waals surface area contributed by atoms with E-state index in [-0.39, 0.29) is 6.10 Å². The molecule has 0 unspecified atom stereocenters. The number of nitrogens with one attached hydrogen (secondary N) is 1. The SMILES string of the molecule is CC[C@H]1O[C@H](n2cc(C)c(=O)[nH]c2=O)C[C@@H]1O. The molecule has 1 fully saturated rings. The molecule has 0 saturated carbocycles. The van der Waals surface area contributed by atoms with Crippen LogP contribution in [0.2, 0.25) is 0 Å². The average molecular weight is 240 g/mol. The highest BCUT2D eigenvalue weighted by molar-refractivity contribution is 5.01. The van der Waals surface area contributed by atoms with Gasteiger partial charge >= 0.3 is 5.69 Å². The summed E-state index contributed by atoms with van der Waals surface area (Å²) < 4.78 is 6.90. The summed E-state index contributed by atoms with van der Waals surface area (Å²) >= 11 is 0. The van der Waals surface area contributed by atoms with Gasteiger partial charge in [0.15, 0.2) is 0 Å². The highest BCUT2D eigenvalue weighted by atomic mass is 16.5. The fourth-order valence-corrected chi connectivity index (χ4v) is 2.05. The topological polar surface area (TPSA) is 84.3 Å². The lowest BCUT2D eigenvalue weighted by Gasteiger charge is -2.14. The van der Waals surface area contributed by atoms with Gasteiger partial charge in [-0.25, -0.2) is 4.79 Å². The lowest BCUT2D eigenvalue weighted by Crippen LogP contribution is -2.33. The van der Waals surface area contributed by atoms with E-state index >= 15 is 0 Å². The maximum Gasteiger partial charge on any atom is 0.330 e. The summed E-state index contributed by atoms with van der Waals surface area (Å²) in [6, 6.07) is 0. The Morgan fingerprint density at radius 3 is 2.88 bits per heavy atom. The molecule has 1 aliphatic heterocycles. The summed E-state index contributed by atoms with van der Waals surface area (Å²) in [5.41, 5.74) is -0.450. The van der Waals surface area contributed by atoms with E-state index in [2.05, 4.69) is 4.98 Å². The van der Waals surface area contributed by atoms with Crippen LogP contribution in [0.5, 0.6) is 0 Å². The summed E-state index contributed by atoms with van der Waals surface area (Å²) in [5.74, 6) is 0. The zero-order valence-electron chi connectivity index (χ0n) is 9.84. The highest BCUT2D eigenvalue weighted by Gasteiger charge is 2.34. The number of aromatic amines is 1. The zero-order chi connectivity index (χ0) is 12.6. The fourth-order valence-electron chi connectivity index (χ4n) is 2.05. The van der Waals surface area contributed by atoms with Crippen molar-refractivity contribution in [3.05, 3.63) is 32.6 Å². The molecule has 6 nitrogen and oxygen atoms in total. The molecule has 94 valence electrons. The Hall–Kier alpha value is -1.40. The first kappa shape index (κ1) is 12.1. The molecular weight excluding hydrogens is 224 g/mol. The maximum atomic E-state index is 11.6. The molecule has 0 amide bonds. The normalized spacial score (nSPS) is 28.5. The number of nitrogens with zero attached hydrogens (tertiary/aromatic N) is 1. The second kappa shape index (κ2) is 4.46. The van der Waals surface area contributed by atoms with Gasteiger partial charge in [0.1, 0.15) is 6.23 Å². The van der Waals surface area contributed by atoms with Gasteiger partial charge in [-0.1, -0.05) is 6.92 Å². The van der Waals surface area contributed by atoms with E-state index in [0.717, 1.165) is 0 Å². The molecule has 1 saturated heterocycles. The Morgan fingerprint density at radius 2 is 2.29 bits per heavy atom. The number of aliphatic hydroxyl groups excluding tert-OH is 1. The summed E-state index contributed by atoms with van der Waals surface area (Å²) in [6.45, 7) is 3.54. The number of H-pyrrole nitrogens is 1.